The number of carbonyl (C=O) groups is 2. The normalized spacial score (nSPS) is 12.8. The lowest BCUT2D eigenvalue weighted by atomic mass is 10.1. The molecule has 0 aliphatic rings. The number of rotatable bonds is 11. The minimum Gasteiger partial charge on any atom is -0.506 e. The van der Waals surface area contributed by atoms with Crippen LogP contribution in [0.1, 0.15) is 29.7 Å². The molecular weight excluding hydrogens is 628 g/mol. The van der Waals surface area contributed by atoms with Gasteiger partial charge in [0, 0.05) is 31.8 Å². The molecule has 0 aliphatic carbocycles. The van der Waals surface area contributed by atoms with Gasteiger partial charge in [-0.15, -0.1) is 0 Å². The standard InChI is InChI=1S/C22H29N3O4S.2C2HF3O2/c1-14(13-29-2)24-11-16-5-3-4-15(10-16)8-9-23-12-19(27)17-6-7-18(26)20-21(17)30-22(28)25-20;2*3-2(4,5)1(6)7/h3-7,10,14,19,23-24,26-27H,8-9,11-13H2,1-2H3,(H,25,28);2*(H,6,7)/t14?,19-;;/m0../s1. The lowest BCUT2D eigenvalue weighted by Crippen LogP contribution is -2.29. The summed E-state index contributed by atoms with van der Waals surface area (Å²) in [5, 5.41) is 41.4. The van der Waals surface area contributed by atoms with Crippen molar-refractivity contribution in [3.63, 3.8) is 0 Å². The monoisotopic (exact) mass is 659 g/mol. The molecule has 0 fully saturated rings. The van der Waals surface area contributed by atoms with Crippen LogP contribution in [0, 0.1) is 0 Å². The zero-order valence-electron chi connectivity index (χ0n) is 23.3. The number of phenolic OH excluding ortho intramolecular Hbond substituents is 1. The predicted octanol–water partition coefficient (Wildman–Crippen LogP) is 3.55. The summed E-state index contributed by atoms with van der Waals surface area (Å²) in [4.78, 5) is 31.8. The van der Waals surface area contributed by atoms with Crippen LogP contribution in [-0.4, -0.2) is 82.5 Å². The average Bonchev–Trinajstić information content (AvgIpc) is 3.32. The first-order chi connectivity index (χ1) is 20.4. The Labute approximate surface area is 250 Å². The fourth-order valence-electron chi connectivity index (χ4n) is 3.38. The van der Waals surface area contributed by atoms with E-state index < -0.39 is 30.4 Å². The maximum absolute atomic E-state index is 11.6. The molecule has 246 valence electrons. The Morgan fingerprint density at radius 1 is 1.02 bits per heavy atom. The molecule has 3 aromatic rings. The van der Waals surface area contributed by atoms with Crippen LogP contribution < -0.4 is 15.5 Å². The Morgan fingerprint density at radius 2 is 1.59 bits per heavy atom. The van der Waals surface area contributed by atoms with E-state index in [2.05, 4.69) is 46.8 Å². The molecule has 1 unspecified atom stereocenters. The van der Waals surface area contributed by atoms with Crippen LogP contribution in [0.3, 0.4) is 0 Å². The summed E-state index contributed by atoms with van der Waals surface area (Å²) in [7, 11) is 1.70. The molecule has 18 heteroatoms. The van der Waals surface area contributed by atoms with E-state index in [0.717, 1.165) is 30.8 Å². The van der Waals surface area contributed by atoms with E-state index in [-0.39, 0.29) is 10.6 Å². The van der Waals surface area contributed by atoms with Gasteiger partial charge in [-0.3, -0.25) is 4.79 Å². The highest BCUT2D eigenvalue weighted by molar-refractivity contribution is 7.16. The molecule has 0 radical (unpaired) electrons. The van der Waals surface area contributed by atoms with Gasteiger partial charge in [-0.25, -0.2) is 9.59 Å². The number of carboxylic acids is 2. The van der Waals surface area contributed by atoms with Crippen molar-refractivity contribution in [2.24, 2.45) is 0 Å². The zero-order chi connectivity index (χ0) is 33.7. The first-order valence-electron chi connectivity index (χ1n) is 12.5. The molecule has 1 aromatic heterocycles. The van der Waals surface area contributed by atoms with Crippen molar-refractivity contribution in [3.8, 4) is 5.75 Å². The number of aliphatic carboxylic acids is 2. The van der Waals surface area contributed by atoms with Crippen LogP contribution in [0.15, 0.2) is 41.2 Å². The summed E-state index contributed by atoms with van der Waals surface area (Å²) in [6, 6.07) is 11.9. The second kappa shape index (κ2) is 17.6. The maximum Gasteiger partial charge on any atom is 0.490 e. The summed E-state index contributed by atoms with van der Waals surface area (Å²) >= 11 is 0.996. The molecular formula is C26H31F6N3O8S. The van der Waals surface area contributed by atoms with Gasteiger partial charge in [-0.05, 0) is 37.1 Å². The minimum atomic E-state index is -5.08. The van der Waals surface area contributed by atoms with E-state index >= 15 is 0 Å². The van der Waals surface area contributed by atoms with Crippen LogP contribution >= 0.6 is 11.3 Å². The second-order valence-corrected chi connectivity index (χ2v) is 10.0. The Kier molecular flexibility index (Phi) is 15.3. The third kappa shape index (κ3) is 13.7. The van der Waals surface area contributed by atoms with E-state index in [1.54, 1.807) is 13.2 Å². The molecule has 0 bridgehead atoms. The molecule has 0 spiro atoms. The number of ether oxygens (including phenoxy) is 1. The molecule has 0 saturated carbocycles. The number of H-pyrrole nitrogens is 1. The number of benzene rings is 2. The van der Waals surface area contributed by atoms with E-state index in [0.29, 0.717) is 35.0 Å². The number of aromatic hydroxyl groups is 1. The smallest absolute Gasteiger partial charge is 0.490 e. The highest BCUT2D eigenvalue weighted by Crippen LogP contribution is 2.31. The zero-order valence-corrected chi connectivity index (χ0v) is 24.1. The number of methoxy groups -OCH3 is 1. The fourth-order valence-corrected chi connectivity index (χ4v) is 4.30. The second-order valence-electron chi connectivity index (χ2n) is 9.03. The number of hydrogen-bond donors (Lipinski definition) is 7. The number of phenols is 1. The van der Waals surface area contributed by atoms with Gasteiger partial charge in [0.15, 0.2) is 0 Å². The van der Waals surface area contributed by atoms with Gasteiger partial charge in [0.2, 0.25) is 0 Å². The van der Waals surface area contributed by atoms with Gasteiger partial charge in [0.05, 0.1) is 17.4 Å². The van der Waals surface area contributed by atoms with E-state index in [1.807, 2.05) is 0 Å². The molecule has 7 N–H and O–H groups in total. The molecule has 11 nitrogen and oxygen atoms in total. The van der Waals surface area contributed by atoms with Crippen LogP contribution in [0.4, 0.5) is 26.3 Å². The summed E-state index contributed by atoms with van der Waals surface area (Å²) < 4.78 is 69.2. The van der Waals surface area contributed by atoms with E-state index in [9.17, 15) is 41.4 Å². The number of halogens is 6. The summed E-state index contributed by atoms with van der Waals surface area (Å²) in [6.07, 6.45) is -10.1. The van der Waals surface area contributed by atoms with Crippen molar-refractivity contribution in [1.29, 1.82) is 0 Å². The number of nitrogens with one attached hydrogen (secondary N) is 3. The number of aliphatic hydroxyl groups is 1. The highest BCUT2D eigenvalue weighted by atomic mass is 32.1. The molecule has 44 heavy (non-hydrogen) atoms. The molecule has 0 aliphatic heterocycles. The van der Waals surface area contributed by atoms with Crippen LogP contribution in [-0.2, 0) is 27.3 Å². The number of hydrogen-bond acceptors (Lipinski definition) is 9. The number of carboxylic acid groups (broad SMARTS) is 2. The fraction of sp³-hybridized carbons (Fsp3) is 0.423. The third-order valence-corrected chi connectivity index (χ3v) is 6.35. The van der Waals surface area contributed by atoms with Crippen molar-refractivity contribution < 1.29 is 61.1 Å². The summed E-state index contributed by atoms with van der Waals surface area (Å²) in [5.41, 5.74) is 3.47. The van der Waals surface area contributed by atoms with Crippen molar-refractivity contribution in [3.05, 3.63) is 62.8 Å². The molecule has 3 rings (SSSR count). The molecule has 2 aromatic carbocycles. The number of aromatic amines is 1. The molecule has 0 saturated heterocycles. The van der Waals surface area contributed by atoms with E-state index in [1.165, 1.54) is 17.2 Å². The molecule has 0 amide bonds. The Bertz CT molecular complexity index is 1390. The van der Waals surface area contributed by atoms with Gasteiger partial charge in [-0.2, -0.15) is 26.3 Å². The van der Waals surface area contributed by atoms with Crippen molar-refractivity contribution in [2.75, 3.05) is 26.8 Å². The maximum atomic E-state index is 11.6. The lowest BCUT2D eigenvalue weighted by Gasteiger charge is -2.14. The topological polar surface area (TPSA) is 181 Å². The number of aliphatic hydroxyl groups excluding tert-OH is 1. The Hall–Kier alpha value is -3.71. The number of thiazole rings is 1. The van der Waals surface area contributed by atoms with Crippen molar-refractivity contribution in [1.82, 2.24) is 15.6 Å². The SMILES string of the molecule is COCC(C)NCc1cccc(CCNC[C@H](O)c2ccc(O)c3[nH]c(=O)sc23)c1.O=C(O)C(F)(F)F.O=C(O)C(F)(F)F. The number of aromatic nitrogens is 1. The van der Waals surface area contributed by atoms with Gasteiger partial charge in [0.25, 0.3) is 0 Å². The summed E-state index contributed by atoms with van der Waals surface area (Å²) in [5.74, 6) is -5.50. The highest BCUT2D eigenvalue weighted by Gasteiger charge is 2.38. The molecule has 1 heterocycles. The van der Waals surface area contributed by atoms with Crippen LogP contribution in [0.2, 0.25) is 0 Å². The third-order valence-electron chi connectivity index (χ3n) is 5.42. The quantitative estimate of drug-likeness (QED) is 0.119. The first kappa shape index (κ1) is 38.3. The van der Waals surface area contributed by atoms with Crippen LogP contribution in [0.25, 0.3) is 10.2 Å². The summed E-state index contributed by atoms with van der Waals surface area (Å²) in [6.45, 7) is 4.65. The van der Waals surface area contributed by atoms with Gasteiger partial charge in [-0.1, -0.05) is 41.7 Å². The van der Waals surface area contributed by atoms with Crippen molar-refractivity contribution in [2.45, 2.75) is 44.4 Å². The average molecular weight is 660 g/mol. The predicted molar refractivity (Wildman–Crippen MR) is 148 cm³/mol. The first-order valence-corrected chi connectivity index (χ1v) is 13.3. The lowest BCUT2D eigenvalue weighted by molar-refractivity contribution is -0.193. The Morgan fingerprint density at radius 3 is 2.14 bits per heavy atom. The number of fused-ring (bicyclic) bond motifs is 1. The largest absolute Gasteiger partial charge is 0.506 e. The van der Waals surface area contributed by atoms with Gasteiger partial charge >= 0.3 is 29.2 Å². The minimum absolute atomic E-state index is 0.0123. The van der Waals surface area contributed by atoms with Gasteiger partial charge in [0.1, 0.15) is 11.3 Å². The number of alkyl halides is 6. The van der Waals surface area contributed by atoms with Crippen LogP contribution in [0.5, 0.6) is 5.75 Å². The van der Waals surface area contributed by atoms with E-state index in [4.69, 9.17) is 24.5 Å². The Balaban J connectivity index is 0.000000574. The molecule has 2 atom stereocenters. The van der Waals surface area contributed by atoms with Crippen molar-refractivity contribution >= 4 is 33.5 Å². The van der Waals surface area contributed by atoms with Gasteiger partial charge < -0.3 is 40.8 Å².